The van der Waals surface area contributed by atoms with Crippen molar-refractivity contribution in [2.75, 3.05) is 11.9 Å². The zero-order chi connectivity index (χ0) is 12.3. The molecule has 3 nitrogen and oxygen atoms in total. The van der Waals surface area contributed by atoms with Crippen LogP contribution in [0.1, 0.15) is 24.8 Å². The van der Waals surface area contributed by atoms with Crippen LogP contribution >= 0.6 is 15.9 Å². The molecule has 0 bridgehead atoms. The van der Waals surface area contributed by atoms with Crippen LogP contribution in [0, 0.1) is 6.92 Å². The maximum atomic E-state index is 11.5. The summed E-state index contributed by atoms with van der Waals surface area (Å²) < 4.78 is 1.05. The van der Waals surface area contributed by atoms with Gasteiger partial charge in [0.05, 0.1) is 0 Å². The first-order chi connectivity index (χ1) is 8.15. The molecule has 0 atom stereocenters. The molecule has 0 unspecified atom stereocenters. The third kappa shape index (κ3) is 4.04. The summed E-state index contributed by atoms with van der Waals surface area (Å²) in [6.45, 7) is 2.73. The highest BCUT2D eigenvalue weighted by atomic mass is 79.9. The predicted octanol–water partition coefficient (Wildman–Crippen LogP) is 2.84. The first-order valence-electron chi connectivity index (χ1n) is 5.94. The molecule has 1 aliphatic rings. The molecule has 2 rings (SSSR count). The van der Waals surface area contributed by atoms with E-state index in [9.17, 15) is 4.79 Å². The fraction of sp³-hybridized carbons (Fsp3) is 0.462. The van der Waals surface area contributed by atoms with Crippen molar-refractivity contribution in [3.8, 4) is 0 Å². The standard InChI is InChI=1S/C13H17BrN2O/c1-9-2-3-10(14)8-12(9)15-7-6-13(17)16-11-4-5-11/h2-3,8,11,15H,4-7H2,1H3,(H,16,17). The molecule has 1 saturated carbocycles. The van der Waals surface area contributed by atoms with Crippen molar-refractivity contribution in [1.82, 2.24) is 5.32 Å². The topological polar surface area (TPSA) is 41.1 Å². The number of nitrogens with one attached hydrogen (secondary N) is 2. The second-order valence-electron chi connectivity index (χ2n) is 4.48. The van der Waals surface area contributed by atoms with Crippen LogP contribution in [0.25, 0.3) is 0 Å². The van der Waals surface area contributed by atoms with E-state index in [1.54, 1.807) is 0 Å². The normalized spacial score (nSPS) is 14.5. The average Bonchev–Trinajstić information content (AvgIpc) is 3.07. The molecule has 17 heavy (non-hydrogen) atoms. The quantitative estimate of drug-likeness (QED) is 0.877. The Morgan fingerprint density at radius 3 is 2.94 bits per heavy atom. The number of carbonyl (C=O) groups excluding carboxylic acids is 1. The first kappa shape index (κ1) is 12.4. The van der Waals surface area contributed by atoms with E-state index in [1.807, 2.05) is 12.1 Å². The minimum Gasteiger partial charge on any atom is -0.384 e. The van der Waals surface area contributed by atoms with Gasteiger partial charge in [-0.05, 0) is 37.5 Å². The lowest BCUT2D eigenvalue weighted by molar-refractivity contribution is -0.120. The number of hydrogen-bond donors (Lipinski definition) is 2. The molecule has 0 spiro atoms. The Kier molecular flexibility index (Phi) is 4.05. The van der Waals surface area contributed by atoms with Crippen molar-refractivity contribution < 1.29 is 4.79 Å². The van der Waals surface area contributed by atoms with Gasteiger partial charge in [-0.1, -0.05) is 22.0 Å². The van der Waals surface area contributed by atoms with Crippen molar-refractivity contribution >= 4 is 27.5 Å². The lowest BCUT2D eigenvalue weighted by Gasteiger charge is -2.10. The summed E-state index contributed by atoms with van der Waals surface area (Å²) in [6, 6.07) is 6.56. The summed E-state index contributed by atoms with van der Waals surface area (Å²) in [7, 11) is 0. The highest BCUT2D eigenvalue weighted by molar-refractivity contribution is 9.10. The highest BCUT2D eigenvalue weighted by Crippen LogP contribution is 2.21. The molecule has 1 fully saturated rings. The molecule has 2 N–H and O–H groups in total. The minimum absolute atomic E-state index is 0.146. The number of amides is 1. The first-order valence-corrected chi connectivity index (χ1v) is 6.74. The van der Waals surface area contributed by atoms with Gasteiger partial charge in [-0.15, -0.1) is 0 Å². The third-order valence-electron chi connectivity index (χ3n) is 2.81. The van der Waals surface area contributed by atoms with Crippen LogP contribution in [-0.4, -0.2) is 18.5 Å². The number of benzene rings is 1. The number of aryl methyl sites for hydroxylation is 1. The van der Waals surface area contributed by atoms with Crippen LogP contribution < -0.4 is 10.6 Å². The molecule has 0 heterocycles. The van der Waals surface area contributed by atoms with Crippen molar-refractivity contribution in [2.24, 2.45) is 0 Å². The number of halogens is 1. The van der Waals surface area contributed by atoms with Gasteiger partial charge in [0.25, 0.3) is 0 Å². The van der Waals surface area contributed by atoms with Gasteiger partial charge in [0, 0.05) is 29.2 Å². The van der Waals surface area contributed by atoms with Crippen LogP contribution in [0.2, 0.25) is 0 Å². The molecule has 1 aliphatic carbocycles. The van der Waals surface area contributed by atoms with Crippen LogP contribution in [0.4, 0.5) is 5.69 Å². The van der Waals surface area contributed by atoms with E-state index in [4.69, 9.17) is 0 Å². The Morgan fingerprint density at radius 2 is 2.24 bits per heavy atom. The van der Waals surface area contributed by atoms with Crippen molar-refractivity contribution in [3.05, 3.63) is 28.2 Å². The van der Waals surface area contributed by atoms with Crippen molar-refractivity contribution in [1.29, 1.82) is 0 Å². The molecule has 1 amide bonds. The summed E-state index contributed by atoms with van der Waals surface area (Å²) in [6.07, 6.45) is 2.82. The monoisotopic (exact) mass is 296 g/mol. The van der Waals surface area contributed by atoms with Crippen LogP contribution in [-0.2, 0) is 4.79 Å². The third-order valence-corrected chi connectivity index (χ3v) is 3.30. The molecule has 0 saturated heterocycles. The molecule has 92 valence electrons. The molecular formula is C13H17BrN2O. The smallest absolute Gasteiger partial charge is 0.221 e. The molecule has 4 heteroatoms. The number of hydrogen-bond acceptors (Lipinski definition) is 2. The Labute approximate surface area is 110 Å². The van der Waals surface area contributed by atoms with E-state index >= 15 is 0 Å². The minimum atomic E-state index is 0.146. The van der Waals surface area contributed by atoms with Gasteiger partial charge in [0.2, 0.25) is 5.91 Å². The zero-order valence-electron chi connectivity index (χ0n) is 9.92. The summed E-state index contributed by atoms with van der Waals surface area (Å²) in [5.41, 5.74) is 2.27. The van der Waals surface area contributed by atoms with Gasteiger partial charge in [-0.25, -0.2) is 0 Å². The molecular weight excluding hydrogens is 280 g/mol. The van der Waals surface area contributed by atoms with Gasteiger partial charge < -0.3 is 10.6 Å². The Morgan fingerprint density at radius 1 is 1.47 bits per heavy atom. The van der Waals surface area contributed by atoms with E-state index in [1.165, 1.54) is 5.56 Å². The lowest BCUT2D eigenvalue weighted by atomic mass is 10.2. The number of rotatable bonds is 5. The van der Waals surface area contributed by atoms with Gasteiger partial charge >= 0.3 is 0 Å². The SMILES string of the molecule is Cc1ccc(Br)cc1NCCC(=O)NC1CC1. The summed E-state index contributed by atoms with van der Waals surface area (Å²) in [4.78, 5) is 11.5. The van der Waals surface area contributed by atoms with E-state index in [-0.39, 0.29) is 5.91 Å². The second kappa shape index (κ2) is 5.54. The Bertz CT molecular complexity index is 416. The van der Waals surface area contributed by atoms with Gasteiger partial charge in [-0.3, -0.25) is 4.79 Å². The van der Waals surface area contributed by atoms with Crippen molar-refractivity contribution in [3.63, 3.8) is 0 Å². The van der Waals surface area contributed by atoms with Gasteiger partial charge in [0.1, 0.15) is 0 Å². The van der Waals surface area contributed by atoms with E-state index in [2.05, 4.69) is 39.6 Å². The van der Waals surface area contributed by atoms with Crippen molar-refractivity contribution in [2.45, 2.75) is 32.2 Å². The predicted molar refractivity (Wildman–Crippen MR) is 73.2 cm³/mol. The van der Waals surface area contributed by atoms with Gasteiger partial charge in [0.15, 0.2) is 0 Å². The average molecular weight is 297 g/mol. The van der Waals surface area contributed by atoms with Crippen LogP contribution in [0.15, 0.2) is 22.7 Å². The zero-order valence-corrected chi connectivity index (χ0v) is 11.5. The molecule has 1 aromatic carbocycles. The fourth-order valence-corrected chi connectivity index (χ4v) is 1.98. The van der Waals surface area contributed by atoms with E-state index < -0.39 is 0 Å². The lowest BCUT2D eigenvalue weighted by Crippen LogP contribution is -2.27. The Hall–Kier alpha value is -1.03. The maximum Gasteiger partial charge on any atom is 0.221 e. The molecule has 0 aromatic heterocycles. The molecule has 0 aliphatic heterocycles. The van der Waals surface area contributed by atoms with Crippen LogP contribution in [0.5, 0.6) is 0 Å². The molecule has 0 radical (unpaired) electrons. The van der Waals surface area contributed by atoms with Crippen LogP contribution in [0.3, 0.4) is 0 Å². The summed E-state index contributed by atoms with van der Waals surface area (Å²) in [5.74, 6) is 0.146. The fourth-order valence-electron chi connectivity index (χ4n) is 1.62. The second-order valence-corrected chi connectivity index (χ2v) is 5.39. The number of anilines is 1. The molecule has 1 aromatic rings. The highest BCUT2D eigenvalue weighted by Gasteiger charge is 2.22. The van der Waals surface area contributed by atoms with E-state index in [0.29, 0.717) is 19.0 Å². The Balaban J connectivity index is 1.76. The number of carbonyl (C=O) groups is 1. The largest absolute Gasteiger partial charge is 0.384 e. The van der Waals surface area contributed by atoms with Gasteiger partial charge in [-0.2, -0.15) is 0 Å². The summed E-state index contributed by atoms with van der Waals surface area (Å²) >= 11 is 3.44. The summed E-state index contributed by atoms with van der Waals surface area (Å²) in [5, 5.41) is 6.27. The maximum absolute atomic E-state index is 11.5. The van der Waals surface area contributed by atoms with E-state index in [0.717, 1.165) is 23.0 Å².